The molecule has 2 aliphatic rings. The van der Waals surface area contributed by atoms with Gasteiger partial charge in [0.15, 0.2) is 5.78 Å². The molecule has 0 N–H and O–H groups in total. The number of hydrogen-bond acceptors (Lipinski definition) is 5. The Kier molecular flexibility index (Phi) is 8.61. The summed E-state index contributed by atoms with van der Waals surface area (Å²) in [6.07, 6.45) is 16.6. The Balaban J connectivity index is 1.79. The Morgan fingerprint density at radius 2 is 1.07 bits per heavy atom. The van der Waals surface area contributed by atoms with Gasteiger partial charge in [-0.1, -0.05) is 85.0 Å². The van der Waals surface area contributed by atoms with Crippen LogP contribution < -0.4 is 0 Å². The average Bonchev–Trinajstić information content (AvgIpc) is 2.99. The molecule has 4 rings (SSSR count). The first-order valence-corrected chi connectivity index (χ1v) is 13.3. The summed E-state index contributed by atoms with van der Waals surface area (Å²) in [6, 6.07) is 24.2. The Hall–Kier alpha value is -4.55. The second-order valence-corrected chi connectivity index (χ2v) is 10.5. The molecule has 0 aliphatic heterocycles. The SMILES string of the molecule is CN(C)C1(C#N)C=CC(C=C(C(=O)C(=CC2=CCC(C#N)(N(C)C)C=C2)c2ccccc2)c2ccccc2)=CC1. The van der Waals surface area contributed by atoms with Gasteiger partial charge in [0.05, 0.1) is 12.1 Å². The van der Waals surface area contributed by atoms with E-state index in [1.807, 2.05) is 147 Å². The number of Topliss-reactive ketones (excluding diaryl/α,β-unsaturated/α-hetero) is 1. The number of carbonyl (C=O) groups is 1. The molecule has 0 saturated heterocycles. The molecule has 0 spiro atoms. The normalized spacial score (nSPS) is 22.9. The van der Waals surface area contributed by atoms with E-state index < -0.39 is 11.1 Å². The van der Waals surface area contributed by atoms with Crippen LogP contribution in [-0.4, -0.2) is 54.9 Å². The highest BCUT2D eigenvalue weighted by Crippen LogP contribution is 2.32. The Morgan fingerprint density at radius 3 is 1.35 bits per heavy atom. The van der Waals surface area contributed by atoms with Gasteiger partial charge in [-0.25, -0.2) is 0 Å². The molecule has 0 fully saturated rings. The van der Waals surface area contributed by atoms with Gasteiger partial charge in [0.25, 0.3) is 0 Å². The summed E-state index contributed by atoms with van der Waals surface area (Å²) < 4.78 is 0. The number of allylic oxidation sites excluding steroid dienone is 8. The predicted octanol–water partition coefficient (Wildman–Crippen LogP) is 6.14. The summed E-state index contributed by atoms with van der Waals surface area (Å²) in [6.45, 7) is 0. The number of ketones is 1. The number of nitriles is 2. The van der Waals surface area contributed by atoms with Crippen molar-refractivity contribution < 1.29 is 4.79 Å². The van der Waals surface area contributed by atoms with Crippen molar-refractivity contribution in [1.29, 1.82) is 10.5 Å². The highest BCUT2D eigenvalue weighted by atomic mass is 16.1. The zero-order chi connectivity index (χ0) is 28.8. The quantitative estimate of drug-likeness (QED) is 0.386. The minimum absolute atomic E-state index is 0.101. The van der Waals surface area contributed by atoms with Crippen LogP contribution in [0.25, 0.3) is 11.1 Å². The van der Waals surface area contributed by atoms with Crippen LogP contribution >= 0.6 is 0 Å². The van der Waals surface area contributed by atoms with Crippen LogP contribution in [0, 0.1) is 22.7 Å². The van der Waals surface area contributed by atoms with Crippen molar-refractivity contribution in [3.63, 3.8) is 0 Å². The zero-order valence-electron chi connectivity index (χ0n) is 23.5. The number of nitrogens with zero attached hydrogens (tertiary/aromatic N) is 4. The van der Waals surface area contributed by atoms with E-state index in [1.54, 1.807) is 0 Å². The Bertz CT molecular complexity index is 1410. The van der Waals surface area contributed by atoms with Crippen molar-refractivity contribution >= 4 is 16.9 Å². The number of likely N-dealkylation sites (N-methyl/N-ethyl adjacent to an activating group) is 2. The van der Waals surface area contributed by atoms with Gasteiger partial charge in [-0.05, 0) is 74.8 Å². The molecule has 0 amide bonds. The molecule has 0 radical (unpaired) electrons. The van der Waals surface area contributed by atoms with Crippen LogP contribution in [0.1, 0.15) is 24.0 Å². The topological polar surface area (TPSA) is 71.1 Å². The van der Waals surface area contributed by atoms with Crippen LogP contribution in [0.15, 0.2) is 120 Å². The minimum Gasteiger partial charge on any atom is -0.289 e. The highest BCUT2D eigenvalue weighted by molar-refractivity contribution is 6.42. The molecule has 0 aromatic heterocycles. The molecule has 2 unspecified atom stereocenters. The summed E-state index contributed by atoms with van der Waals surface area (Å²) in [5.74, 6) is -0.101. The predicted molar refractivity (Wildman–Crippen MR) is 162 cm³/mol. The van der Waals surface area contributed by atoms with Crippen molar-refractivity contribution in [1.82, 2.24) is 9.80 Å². The molecule has 2 atom stereocenters. The van der Waals surface area contributed by atoms with Crippen LogP contribution in [0.3, 0.4) is 0 Å². The Morgan fingerprint density at radius 1 is 0.700 bits per heavy atom. The van der Waals surface area contributed by atoms with Crippen LogP contribution in [-0.2, 0) is 4.79 Å². The molecule has 5 nitrogen and oxygen atoms in total. The summed E-state index contributed by atoms with van der Waals surface area (Å²) in [5.41, 5.74) is 3.14. The maximum absolute atomic E-state index is 14.4. The molecule has 0 saturated carbocycles. The van der Waals surface area contributed by atoms with Crippen LogP contribution in [0.4, 0.5) is 0 Å². The molecular weight excluding hydrogens is 492 g/mol. The maximum Gasteiger partial charge on any atom is 0.194 e. The van der Waals surface area contributed by atoms with Crippen LogP contribution in [0.2, 0.25) is 0 Å². The minimum atomic E-state index is -0.700. The van der Waals surface area contributed by atoms with Gasteiger partial charge >= 0.3 is 0 Å². The van der Waals surface area contributed by atoms with E-state index >= 15 is 0 Å². The van der Waals surface area contributed by atoms with Crippen molar-refractivity contribution in [2.45, 2.75) is 23.9 Å². The van der Waals surface area contributed by atoms with E-state index in [1.165, 1.54) is 0 Å². The lowest BCUT2D eigenvalue weighted by atomic mass is 9.85. The fourth-order valence-electron chi connectivity index (χ4n) is 4.80. The number of rotatable bonds is 8. The lowest BCUT2D eigenvalue weighted by Gasteiger charge is -2.31. The molecule has 0 bridgehead atoms. The molecule has 40 heavy (non-hydrogen) atoms. The number of carbonyl (C=O) groups excluding carboxylic acids is 1. The average molecular weight is 527 g/mol. The molecule has 2 aliphatic carbocycles. The summed E-state index contributed by atoms with van der Waals surface area (Å²) in [5, 5.41) is 19.6. The highest BCUT2D eigenvalue weighted by Gasteiger charge is 2.32. The van der Waals surface area contributed by atoms with Crippen LogP contribution in [0.5, 0.6) is 0 Å². The maximum atomic E-state index is 14.4. The van der Waals surface area contributed by atoms with E-state index in [4.69, 9.17) is 0 Å². The van der Waals surface area contributed by atoms with Gasteiger partial charge < -0.3 is 0 Å². The first-order valence-electron chi connectivity index (χ1n) is 13.3. The summed E-state index contributed by atoms with van der Waals surface area (Å²) in [7, 11) is 7.58. The van der Waals surface area contributed by atoms with Crippen molar-refractivity contribution in [3.8, 4) is 12.1 Å². The van der Waals surface area contributed by atoms with Gasteiger partial charge in [0.2, 0.25) is 0 Å². The van der Waals surface area contributed by atoms with Gasteiger partial charge in [-0.3, -0.25) is 14.6 Å². The monoisotopic (exact) mass is 526 g/mol. The fourth-order valence-corrected chi connectivity index (χ4v) is 4.80. The van der Waals surface area contributed by atoms with E-state index in [9.17, 15) is 15.3 Å². The first-order chi connectivity index (χ1) is 19.2. The van der Waals surface area contributed by atoms with Gasteiger partial charge in [0, 0.05) is 24.0 Å². The number of hydrogen-bond donors (Lipinski definition) is 0. The third-order valence-corrected chi connectivity index (χ3v) is 7.67. The van der Waals surface area contributed by atoms with Gasteiger partial charge in [-0.2, -0.15) is 10.5 Å². The number of benzene rings is 2. The van der Waals surface area contributed by atoms with Gasteiger partial charge in [-0.15, -0.1) is 0 Å². The van der Waals surface area contributed by atoms with E-state index in [2.05, 4.69) is 12.1 Å². The van der Waals surface area contributed by atoms with Crippen molar-refractivity contribution in [3.05, 3.63) is 132 Å². The molecule has 5 heteroatoms. The molecule has 2 aromatic rings. The van der Waals surface area contributed by atoms with Crippen molar-refractivity contribution in [2.75, 3.05) is 28.2 Å². The van der Waals surface area contributed by atoms with E-state index in [0.29, 0.717) is 24.0 Å². The van der Waals surface area contributed by atoms with E-state index in [-0.39, 0.29) is 5.78 Å². The smallest absolute Gasteiger partial charge is 0.194 e. The summed E-state index contributed by atoms with van der Waals surface area (Å²) in [4.78, 5) is 18.2. The van der Waals surface area contributed by atoms with Crippen molar-refractivity contribution in [2.24, 2.45) is 0 Å². The third-order valence-electron chi connectivity index (χ3n) is 7.67. The molecule has 0 heterocycles. The summed E-state index contributed by atoms with van der Waals surface area (Å²) >= 11 is 0. The fraction of sp³-hybridized carbons (Fsp3) is 0.229. The Labute approximate surface area is 237 Å². The van der Waals surface area contributed by atoms with E-state index in [0.717, 1.165) is 22.3 Å². The molecule has 200 valence electrons. The first kappa shape index (κ1) is 28.5. The lowest BCUT2D eigenvalue weighted by Crippen LogP contribution is -2.41. The zero-order valence-corrected chi connectivity index (χ0v) is 23.5. The lowest BCUT2D eigenvalue weighted by molar-refractivity contribution is -0.108. The van der Waals surface area contributed by atoms with Gasteiger partial charge in [0.1, 0.15) is 11.1 Å². The second-order valence-electron chi connectivity index (χ2n) is 10.5. The largest absolute Gasteiger partial charge is 0.289 e. The molecular formula is C35H34N4O. The second kappa shape index (κ2) is 12.1. The molecule has 2 aromatic carbocycles. The standard InChI is InChI=1S/C35H34N4O/c1-38(2)34(25-36)19-15-27(16-20-34)23-31(29-11-7-5-8-12-29)33(40)32(30-13-9-6-10-14-30)24-28-17-21-35(26-37,22-18-28)39(3)4/h5-19,21,23-24H,20,22H2,1-4H3. The third kappa shape index (κ3) is 5.87.